The molecule has 1 aliphatic rings. The lowest BCUT2D eigenvalue weighted by atomic mass is 10.2. The summed E-state index contributed by atoms with van der Waals surface area (Å²) in [7, 11) is 0. The van der Waals surface area contributed by atoms with Crippen molar-refractivity contribution < 1.29 is 9.59 Å². The van der Waals surface area contributed by atoms with Crippen LogP contribution in [0.4, 0.5) is 5.82 Å². The smallest absolute Gasteiger partial charge is 0.239 e. The fourth-order valence-electron chi connectivity index (χ4n) is 1.50. The molecule has 2 N–H and O–H groups in total. The van der Waals surface area contributed by atoms with Gasteiger partial charge in [-0.25, -0.2) is 4.98 Å². The minimum absolute atomic E-state index is 0.0950. The Bertz CT molecular complexity index is 455. The first-order chi connectivity index (χ1) is 7.79. The SMILES string of the molecule is O=C/C=C/c1cnc2c(c1)CNCC(=O)N2. The van der Waals surface area contributed by atoms with Crippen LogP contribution < -0.4 is 10.6 Å². The van der Waals surface area contributed by atoms with E-state index in [0.717, 1.165) is 11.1 Å². The number of fused-ring (bicyclic) bond motifs is 1. The topological polar surface area (TPSA) is 71.1 Å². The second-order valence-corrected chi connectivity index (χ2v) is 3.42. The third-order valence-electron chi connectivity index (χ3n) is 2.21. The Morgan fingerprint density at radius 1 is 1.38 bits per heavy atom. The molecule has 5 heteroatoms. The number of carbonyl (C=O) groups excluding carboxylic acids is 2. The molecule has 0 spiro atoms. The van der Waals surface area contributed by atoms with Gasteiger partial charge in [-0.1, -0.05) is 6.08 Å². The van der Waals surface area contributed by atoms with Crippen LogP contribution in [0.25, 0.3) is 6.08 Å². The number of amides is 1. The summed E-state index contributed by atoms with van der Waals surface area (Å²) in [4.78, 5) is 25.6. The number of nitrogens with zero attached hydrogens (tertiary/aromatic N) is 1. The molecule has 0 saturated carbocycles. The van der Waals surface area contributed by atoms with Gasteiger partial charge in [0.25, 0.3) is 0 Å². The van der Waals surface area contributed by atoms with E-state index in [-0.39, 0.29) is 12.5 Å². The molecule has 2 heterocycles. The number of carbonyl (C=O) groups is 2. The number of allylic oxidation sites excluding steroid dienone is 1. The fraction of sp³-hybridized carbons (Fsp3) is 0.182. The van der Waals surface area contributed by atoms with Gasteiger partial charge in [0.15, 0.2) is 0 Å². The molecular formula is C11H11N3O2. The van der Waals surface area contributed by atoms with Crippen LogP contribution in [0.2, 0.25) is 0 Å². The van der Waals surface area contributed by atoms with Crippen LogP contribution in [-0.4, -0.2) is 23.7 Å². The Balaban J connectivity index is 2.31. The van der Waals surface area contributed by atoms with Crippen molar-refractivity contribution in [2.75, 3.05) is 11.9 Å². The van der Waals surface area contributed by atoms with Gasteiger partial charge in [-0.2, -0.15) is 0 Å². The summed E-state index contributed by atoms with van der Waals surface area (Å²) < 4.78 is 0. The van der Waals surface area contributed by atoms with E-state index in [4.69, 9.17) is 0 Å². The maximum Gasteiger partial charge on any atom is 0.239 e. The normalized spacial score (nSPS) is 15.4. The van der Waals surface area contributed by atoms with Crippen LogP contribution in [0.5, 0.6) is 0 Å². The zero-order chi connectivity index (χ0) is 11.4. The fourth-order valence-corrected chi connectivity index (χ4v) is 1.50. The predicted molar refractivity (Wildman–Crippen MR) is 59.7 cm³/mol. The summed E-state index contributed by atoms with van der Waals surface area (Å²) in [6.45, 7) is 0.875. The van der Waals surface area contributed by atoms with E-state index in [1.54, 1.807) is 12.3 Å². The van der Waals surface area contributed by atoms with E-state index in [1.165, 1.54) is 6.08 Å². The van der Waals surface area contributed by atoms with Crippen molar-refractivity contribution >= 4 is 24.1 Å². The van der Waals surface area contributed by atoms with E-state index < -0.39 is 0 Å². The first kappa shape index (κ1) is 10.5. The summed E-state index contributed by atoms with van der Waals surface area (Å²) in [6, 6.07) is 1.89. The van der Waals surface area contributed by atoms with Crippen LogP contribution in [0.3, 0.4) is 0 Å². The third kappa shape index (κ3) is 2.32. The molecule has 0 atom stereocenters. The number of pyridine rings is 1. The summed E-state index contributed by atoms with van der Waals surface area (Å²) in [5, 5.41) is 5.69. The molecule has 1 aromatic heterocycles. The monoisotopic (exact) mass is 217 g/mol. The van der Waals surface area contributed by atoms with Gasteiger partial charge < -0.3 is 10.6 Å². The zero-order valence-corrected chi connectivity index (χ0v) is 8.56. The van der Waals surface area contributed by atoms with Gasteiger partial charge in [-0.05, 0) is 17.7 Å². The summed E-state index contributed by atoms with van der Waals surface area (Å²) >= 11 is 0. The first-order valence-electron chi connectivity index (χ1n) is 4.91. The van der Waals surface area contributed by atoms with Crippen molar-refractivity contribution in [1.29, 1.82) is 0 Å². The lowest BCUT2D eigenvalue weighted by Crippen LogP contribution is -2.23. The first-order valence-corrected chi connectivity index (χ1v) is 4.91. The molecule has 82 valence electrons. The Labute approximate surface area is 92.6 Å². The van der Waals surface area contributed by atoms with E-state index in [2.05, 4.69) is 15.6 Å². The van der Waals surface area contributed by atoms with Gasteiger partial charge in [0.2, 0.25) is 5.91 Å². The molecule has 1 aromatic rings. The maximum absolute atomic E-state index is 11.2. The standard InChI is InChI=1S/C11H11N3O2/c15-3-1-2-8-4-9-6-12-7-10(16)14-11(9)13-5-8/h1-5,12H,6-7H2,(H,13,14,16)/b2-1+. The number of hydrogen-bond donors (Lipinski definition) is 2. The minimum Gasteiger partial charge on any atom is -0.309 e. The molecule has 0 bridgehead atoms. The van der Waals surface area contributed by atoms with Crippen molar-refractivity contribution in [3.8, 4) is 0 Å². The predicted octanol–water partition coefficient (Wildman–Crippen LogP) is 0.335. The largest absolute Gasteiger partial charge is 0.309 e. The van der Waals surface area contributed by atoms with Crippen molar-refractivity contribution in [3.05, 3.63) is 29.5 Å². The molecule has 0 aromatic carbocycles. The average molecular weight is 217 g/mol. The lowest BCUT2D eigenvalue weighted by Gasteiger charge is -2.05. The number of aromatic nitrogens is 1. The molecule has 0 aliphatic carbocycles. The molecule has 1 amide bonds. The van der Waals surface area contributed by atoms with Crippen molar-refractivity contribution in [2.45, 2.75) is 6.54 Å². The number of rotatable bonds is 2. The maximum atomic E-state index is 11.2. The highest BCUT2D eigenvalue weighted by molar-refractivity contribution is 5.92. The van der Waals surface area contributed by atoms with E-state index >= 15 is 0 Å². The Kier molecular flexibility index (Phi) is 3.07. The highest BCUT2D eigenvalue weighted by atomic mass is 16.2. The van der Waals surface area contributed by atoms with Crippen LogP contribution in [0.15, 0.2) is 18.3 Å². The molecular weight excluding hydrogens is 206 g/mol. The Hall–Kier alpha value is -2.01. The van der Waals surface area contributed by atoms with E-state index in [0.29, 0.717) is 18.6 Å². The van der Waals surface area contributed by atoms with Gasteiger partial charge in [0.1, 0.15) is 12.1 Å². The van der Waals surface area contributed by atoms with Gasteiger partial charge in [0, 0.05) is 18.3 Å². The quantitative estimate of drug-likeness (QED) is 0.553. The summed E-state index contributed by atoms with van der Waals surface area (Å²) in [5.74, 6) is 0.487. The van der Waals surface area contributed by atoms with Crippen molar-refractivity contribution in [2.24, 2.45) is 0 Å². The number of aldehydes is 1. The van der Waals surface area contributed by atoms with Gasteiger partial charge in [-0.15, -0.1) is 0 Å². The number of nitrogens with one attached hydrogen (secondary N) is 2. The number of anilines is 1. The minimum atomic E-state index is -0.0950. The van der Waals surface area contributed by atoms with Gasteiger partial charge in [0.05, 0.1) is 6.54 Å². The molecule has 0 fully saturated rings. The highest BCUT2D eigenvalue weighted by Gasteiger charge is 2.12. The highest BCUT2D eigenvalue weighted by Crippen LogP contribution is 2.16. The summed E-state index contributed by atoms with van der Waals surface area (Å²) in [5.41, 5.74) is 1.75. The number of hydrogen-bond acceptors (Lipinski definition) is 4. The average Bonchev–Trinajstić information content (AvgIpc) is 2.46. The van der Waals surface area contributed by atoms with Crippen molar-refractivity contribution in [3.63, 3.8) is 0 Å². The molecule has 0 radical (unpaired) electrons. The van der Waals surface area contributed by atoms with Gasteiger partial charge in [-0.3, -0.25) is 9.59 Å². The van der Waals surface area contributed by atoms with E-state index in [1.807, 2.05) is 6.07 Å². The molecule has 0 saturated heterocycles. The van der Waals surface area contributed by atoms with E-state index in [9.17, 15) is 9.59 Å². The van der Waals surface area contributed by atoms with Crippen LogP contribution in [-0.2, 0) is 16.1 Å². The zero-order valence-electron chi connectivity index (χ0n) is 8.56. The van der Waals surface area contributed by atoms with Crippen LogP contribution >= 0.6 is 0 Å². The molecule has 0 unspecified atom stereocenters. The third-order valence-corrected chi connectivity index (χ3v) is 2.21. The van der Waals surface area contributed by atoms with Gasteiger partial charge >= 0.3 is 0 Å². The second kappa shape index (κ2) is 4.67. The Morgan fingerprint density at radius 3 is 3.06 bits per heavy atom. The molecule has 1 aliphatic heterocycles. The lowest BCUT2D eigenvalue weighted by molar-refractivity contribution is -0.115. The van der Waals surface area contributed by atoms with Crippen LogP contribution in [0.1, 0.15) is 11.1 Å². The summed E-state index contributed by atoms with van der Waals surface area (Å²) in [6.07, 6.45) is 5.41. The molecule has 2 rings (SSSR count). The molecule has 5 nitrogen and oxygen atoms in total. The van der Waals surface area contributed by atoms with Crippen LogP contribution in [0, 0.1) is 0 Å². The molecule has 16 heavy (non-hydrogen) atoms. The Morgan fingerprint density at radius 2 is 2.25 bits per heavy atom. The van der Waals surface area contributed by atoms with Crippen molar-refractivity contribution in [1.82, 2.24) is 10.3 Å². The second-order valence-electron chi connectivity index (χ2n) is 3.42.